The molecule has 16 heavy (non-hydrogen) atoms. The molecule has 0 aromatic carbocycles. The first-order valence-electron chi connectivity index (χ1n) is 4.99. The fourth-order valence-electron chi connectivity index (χ4n) is 1.10. The quantitative estimate of drug-likeness (QED) is 0.591. The van der Waals surface area contributed by atoms with Crippen LogP contribution >= 0.6 is 0 Å². The van der Waals surface area contributed by atoms with Crippen LogP contribution in [0.25, 0.3) is 0 Å². The minimum Gasteiger partial charge on any atom is -0.352 e. The van der Waals surface area contributed by atoms with Crippen LogP contribution < -0.4 is 5.32 Å². The molecule has 0 aliphatic heterocycles. The van der Waals surface area contributed by atoms with Crippen LogP contribution in [0.2, 0.25) is 0 Å². The highest BCUT2D eigenvalue weighted by molar-refractivity contribution is 5.75. The zero-order chi connectivity index (χ0) is 12.1. The van der Waals surface area contributed by atoms with Crippen molar-refractivity contribution in [2.45, 2.75) is 32.9 Å². The highest BCUT2D eigenvalue weighted by atomic mass is 16.6. The van der Waals surface area contributed by atoms with Crippen LogP contribution in [0, 0.1) is 10.1 Å². The Morgan fingerprint density at radius 1 is 1.75 bits per heavy atom. The number of nitro groups is 1. The van der Waals surface area contributed by atoms with E-state index in [1.165, 1.54) is 10.9 Å². The van der Waals surface area contributed by atoms with E-state index in [2.05, 4.69) is 10.4 Å². The summed E-state index contributed by atoms with van der Waals surface area (Å²) in [7, 11) is 0. The van der Waals surface area contributed by atoms with Crippen molar-refractivity contribution in [2.24, 2.45) is 0 Å². The zero-order valence-electron chi connectivity index (χ0n) is 9.21. The van der Waals surface area contributed by atoms with Gasteiger partial charge in [-0.3, -0.25) is 19.6 Å². The van der Waals surface area contributed by atoms with Gasteiger partial charge in [0.1, 0.15) is 18.9 Å². The van der Waals surface area contributed by atoms with Gasteiger partial charge in [0.15, 0.2) is 0 Å². The van der Waals surface area contributed by atoms with Crippen molar-refractivity contribution >= 4 is 11.6 Å². The first kappa shape index (κ1) is 12.2. The van der Waals surface area contributed by atoms with Crippen molar-refractivity contribution in [3.63, 3.8) is 0 Å². The van der Waals surface area contributed by atoms with Crippen molar-refractivity contribution in [3.05, 3.63) is 22.5 Å². The minimum atomic E-state index is -0.546. The maximum atomic E-state index is 11.4. The zero-order valence-corrected chi connectivity index (χ0v) is 9.21. The van der Waals surface area contributed by atoms with Crippen LogP contribution in [0.1, 0.15) is 20.3 Å². The summed E-state index contributed by atoms with van der Waals surface area (Å²) in [5, 5.41) is 16.8. The number of aromatic nitrogens is 2. The molecule has 1 rings (SSSR count). The van der Waals surface area contributed by atoms with Gasteiger partial charge in [0.05, 0.1) is 4.92 Å². The Hall–Kier alpha value is -1.92. The summed E-state index contributed by atoms with van der Waals surface area (Å²) in [6.45, 7) is 3.85. The summed E-state index contributed by atoms with van der Waals surface area (Å²) < 4.78 is 1.25. The van der Waals surface area contributed by atoms with Gasteiger partial charge in [-0.05, 0) is 13.3 Å². The molecule has 1 amide bonds. The molecule has 1 heterocycles. The van der Waals surface area contributed by atoms with E-state index in [-0.39, 0.29) is 24.2 Å². The predicted octanol–water partition coefficient (Wildman–Crippen LogP) is 0.706. The molecule has 0 saturated heterocycles. The van der Waals surface area contributed by atoms with Crippen molar-refractivity contribution in [1.82, 2.24) is 15.1 Å². The lowest BCUT2D eigenvalue weighted by Crippen LogP contribution is -2.34. The van der Waals surface area contributed by atoms with E-state index in [4.69, 9.17) is 0 Å². The molecule has 0 fully saturated rings. The van der Waals surface area contributed by atoms with Crippen molar-refractivity contribution < 1.29 is 9.72 Å². The van der Waals surface area contributed by atoms with Crippen molar-refractivity contribution in [1.29, 1.82) is 0 Å². The third kappa shape index (κ3) is 3.34. The number of nitrogens with zero attached hydrogens (tertiary/aromatic N) is 3. The van der Waals surface area contributed by atoms with Crippen LogP contribution in [0.5, 0.6) is 0 Å². The lowest BCUT2D eigenvalue weighted by Gasteiger charge is -2.10. The molecule has 0 saturated carbocycles. The molecule has 1 aromatic heterocycles. The lowest BCUT2D eigenvalue weighted by atomic mass is 10.2. The van der Waals surface area contributed by atoms with Gasteiger partial charge in [-0.25, -0.2) is 0 Å². The second-order valence-electron chi connectivity index (χ2n) is 3.53. The molecule has 1 aromatic rings. The van der Waals surface area contributed by atoms with Gasteiger partial charge >= 0.3 is 5.69 Å². The molecule has 0 bridgehead atoms. The van der Waals surface area contributed by atoms with Gasteiger partial charge in [-0.2, -0.15) is 5.10 Å². The average molecular weight is 226 g/mol. The lowest BCUT2D eigenvalue weighted by molar-refractivity contribution is -0.385. The Morgan fingerprint density at radius 3 is 2.94 bits per heavy atom. The maximum Gasteiger partial charge on any atom is 0.307 e. The van der Waals surface area contributed by atoms with Crippen LogP contribution in [0.15, 0.2) is 12.4 Å². The smallest absolute Gasteiger partial charge is 0.307 e. The van der Waals surface area contributed by atoms with E-state index < -0.39 is 4.92 Å². The Morgan fingerprint density at radius 2 is 2.44 bits per heavy atom. The Bertz CT molecular complexity index is 388. The van der Waals surface area contributed by atoms with E-state index in [0.717, 1.165) is 12.6 Å². The maximum absolute atomic E-state index is 11.4. The normalized spacial score (nSPS) is 12.1. The molecule has 1 N–H and O–H groups in total. The van der Waals surface area contributed by atoms with Gasteiger partial charge in [0, 0.05) is 6.04 Å². The largest absolute Gasteiger partial charge is 0.352 e. The molecule has 7 nitrogen and oxygen atoms in total. The highest BCUT2D eigenvalue weighted by Crippen LogP contribution is 2.07. The Labute approximate surface area is 92.6 Å². The molecule has 0 aliphatic rings. The fourth-order valence-corrected chi connectivity index (χ4v) is 1.10. The average Bonchev–Trinajstić information content (AvgIpc) is 2.65. The number of amides is 1. The molecule has 0 aliphatic carbocycles. The number of rotatable bonds is 5. The predicted molar refractivity (Wildman–Crippen MR) is 56.8 cm³/mol. The van der Waals surface area contributed by atoms with Crippen LogP contribution in [0.4, 0.5) is 5.69 Å². The van der Waals surface area contributed by atoms with Gasteiger partial charge in [0.2, 0.25) is 5.91 Å². The van der Waals surface area contributed by atoms with Crippen LogP contribution in [-0.4, -0.2) is 26.7 Å². The second-order valence-corrected chi connectivity index (χ2v) is 3.53. The van der Waals surface area contributed by atoms with Crippen molar-refractivity contribution in [2.75, 3.05) is 0 Å². The van der Waals surface area contributed by atoms with Gasteiger partial charge in [-0.1, -0.05) is 6.92 Å². The van der Waals surface area contributed by atoms with Crippen LogP contribution in [-0.2, 0) is 11.3 Å². The topological polar surface area (TPSA) is 90.1 Å². The number of carbonyl (C=O) groups is 1. The summed E-state index contributed by atoms with van der Waals surface area (Å²) in [6, 6.07) is 0.0954. The summed E-state index contributed by atoms with van der Waals surface area (Å²) in [5.41, 5.74) is -0.115. The van der Waals surface area contributed by atoms with E-state index >= 15 is 0 Å². The third-order valence-electron chi connectivity index (χ3n) is 2.16. The number of nitrogens with one attached hydrogen (secondary N) is 1. The van der Waals surface area contributed by atoms with Gasteiger partial charge < -0.3 is 5.32 Å². The third-order valence-corrected chi connectivity index (χ3v) is 2.16. The first-order valence-corrected chi connectivity index (χ1v) is 4.99. The Kier molecular flexibility index (Phi) is 3.98. The second kappa shape index (κ2) is 5.24. The molecule has 7 heteroatoms. The Balaban J connectivity index is 2.53. The van der Waals surface area contributed by atoms with E-state index in [0.29, 0.717) is 0 Å². The highest BCUT2D eigenvalue weighted by Gasteiger charge is 2.11. The molecule has 0 radical (unpaired) electrons. The number of carbonyl (C=O) groups excluding carboxylic acids is 1. The minimum absolute atomic E-state index is 0.00181. The molecule has 0 spiro atoms. The SMILES string of the molecule is CCC(C)NC(=O)Cn1cc([N+](=O)[O-])cn1. The van der Waals surface area contributed by atoms with E-state index in [1.807, 2.05) is 13.8 Å². The monoisotopic (exact) mass is 226 g/mol. The summed E-state index contributed by atoms with van der Waals surface area (Å²) >= 11 is 0. The molecule has 1 atom stereocenters. The molecular formula is C9H14N4O3. The van der Waals surface area contributed by atoms with Gasteiger partial charge in [-0.15, -0.1) is 0 Å². The fraction of sp³-hybridized carbons (Fsp3) is 0.556. The number of hydrogen-bond acceptors (Lipinski definition) is 4. The first-order chi connectivity index (χ1) is 7.52. The number of hydrogen-bond donors (Lipinski definition) is 1. The van der Waals surface area contributed by atoms with E-state index in [9.17, 15) is 14.9 Å². The van der Waals surface area contributed by atoms with Crippen LogP contribution in [0.3, 0.4) is 0 Å². The molecule has 88 valence electrons. The van der Waals surface area contributed by atoms with Gasteiger partial charge in [0.25, 0.3) is 0 Å². The summed E-state index contributed by atoms with van der Waals surface area (Å²) in [5.74, 6) is -0.202. The molecule has 1 unspecified atom stereocenters. The van der Waals surface area contributed by atoms with E-state index in [1.54, 1.807) is 0 Å². The summed E-state index contributed by atoms with van der Waals surface area (Å²) in [4.78, 5) is 21.2. The van der Waals surface area contributed by atoms with Crippen molar-refractivity contribution in [3.8, 4) is 0 Å². The molecular weight excluding hydrogens is 212 g/mol. The summed E-state index contributed by atoms with van der Waals surface area (Å²) in [6.07, 6.45) is 3.19. The standard InChI is InChI=1S/C9H14N4O3/c1-3-7(2)11-9(14)6-12-5-8(4-10-12)13(15)16/h4-5,7H,3,6H2,1-2H3,(H,11,14).